The Morgan fingerprint density at radius 1 is 1.22 bits per heavy atom. The lowest BCUT2D eigenvalue weighted by atomic mass is 10.1. The molecule has 1 aromatic heterocycles. The van der Waals surface area contributed by atoms with Crippen molar-refractivity contribution in [3.63, 3.8) is 0 Å². The highest BCUT2D eigenvalue weighted by atomic mass is 16.5. The number of rotatable bonds is 6. The summed E-state index contributed by atoms with van der Waals surface area (Å²) in [5.41, 5.74) is 0. The zero-order valence-corrected chi connectivity index (χ0v) is 14.2. The summed E-state index contributed by atoms with van der Waals surface area (Å²) in [5.74, 6) is 3.81. The molecule has 0 N–H and O–H groups in total. The molecule has 3 unspecified atom stereocenters. The largest absolute Gasteiger partial charge is 0.464 e. The molecule has 0 aromatic carbocycles. The summed E-state index contributed by atoms with van der Waals surface area (Å²) >= 11 is 0. The Bertz CT molecular complexity index is 500. The van der Waals surface area contributed by atoms with Gasteiger partial charge in [-0.05, 0) is 50.2 Å². The number of piperidine rings is 1. The number of ether oxygens (including phenoxy) is 2. The third-order valence-corrected chi connectivity index (χ3v) is 5.61. The third-order valence-electron chi connectivity index (χ3n) is 5.61. The van der Waals surface area contributed by atoms with E-state index in [1.807, 2.05) is 0 Å². The standard InChI is InChI=1S/C19H29NO3/c1-14-11-18(14)19-5-4-16(23-19)12-20-8-6-15(7-9-20)22-13-17-3-2-10-21-17/h4-5,14-15,17-18H,2-3,6-13H2,1H3. The van der Waals surface area contributed by atoms with E-state index in [2.05, 4.69) is 24.0 Å². The van der Waals surface area contributed by atoms with E-state index in [-0.39, 0.29) is 0 Å². The van der Waals surface area contributed by atoms with Gasteiger partial charge in [-0.25, -0.2) is 0 Å². The Kier molecular flexibility index (Phi) is 4.74. The zero-order chi connectivity index (χ0) is 15.6. The topological polar surface area (TPSA) is 34.8 Å². The van der Waals surface area contributed by atoms with Gasteiger partial charge >= 0.3 is 0 Å². The molecule has 4 rings (SSSR count). The maximum atomic E-state index is 6.05. The van der Waals surface area contributed by atoms with Crippen LogP contribution >= 0.6 is 0 Å². The minimum absolute atomic E-state index is 0.347. The van der Waals surface area contributed by atoms with Gasteiger partial charge in [-0.15, -0.1) is 0 Å². The molecule has 128 valence electrons. The molecule has 4 nitrogen and oxygen atoms in total. The summed E-state index contributed by atoms with van der Waals surface area (Å²) in [6.07, 6.45) is 6.66. The van der Waals surface area contributed by atoms with Crippen molar-refractivity contribution in [1.82, 2.24) is 4.90 Å². The maximum absolute atomic E-state index is 6.05. The fourth-order valence-electron chi connectivity index (χ4n) is 3.87. The van der Waals surface area contributed by atoms with Crippen molar-refractivity contribution in [3.05, 3.63) is 23.7 Å². The van der Waals surface area contributed by atoms with Crippen LogP contribution < -0.4 is 0 Å². The monoisotopic (exact) mass is 319 g/mol. The van der Waals surface area contributed by atoms with E-state index in [1.54, 1.807) is 0 Å². The summed E-state index contributed by atoms with van der Waals surface area (Å²) in [6, 6.07) is 4.35. The second kappa shape index (κ2) is 6.96. The molecule has 0 radical (unpaired) electrons. The van der Waals surface area contributed by atoms with Crippen LogP contribution in [0.2, 0.25) is 0 Å². The highest BCUT2D eigenvalue weighted by Crippen LogP contribution is 2.47. The minimum Gasteiger partial charge on any atom is -0.464 e. The van der Waals surface area contributed by atoms with E-state index in [0.717, 1.165) is 57.4 Å². The fourth-order valence-corrected chi connectivity index (χ4v) is 3.87. The molecule has 2 aliphatic heterocycles. The lowest BCUT2D eigenvalue weighted by Gasteiger charge is -2.31. The number of hydrogen-bond donors (Lipinski definition) is 0. The molecule has 1 aliphatic carbocycles. The molecule has 0 bridgehead atoms. The molecule has 3 fully saturated rings. The van der Waals surface area contributed by atoms with Crippen molar-refractivity contribution < 1.29 is 13.9 Å². The first kappa shape index (κ1) is 15.7. The van der Waals surface area contributed by atoms with E-state index >= 15 is 0 Å². The van der Waals surface area contributed by atoms with Crippen LogP contribution in [0, 0.1) is 5.92 Å². The first-order chi connectivity index (χ1) is 11.3. The van der Waals surface area contributed by atoms with E-state index < -0.39 is 0 Å². The van der Waals surface area contributed by atoms with Crippen molar-refractivity contribution >= 4 is 0 Å². The Morgan fingerprint density at radius 3 is 2.74 bits per heavy atom. The van der Waals surface area contributed by atoms with Gasteiger partial charge in [0.25, 0.3) is 0 Å². The van der Waals surface area contributed by atoms with Crippen molar-refractivity contribution in [1.29, 1.82) is 0 Å². The highest BCUT2D eigenvalue weighted by Gasteiger charge is 2.36. The van der Waals surface area contributed by atoms with Gasteiger partial charge in [0.1, 0.15) is 11.5 Å². The van der Waals surface area contributed by atoms with Crippen LogP contribution in [0.5, 0.6) is 0 Å². The van der Waals surface area contributed by atoms with Crippen LogP contribution in [0.25, 0.3) is 0 Å². The summed E-state index contributed by atoms with van der Waals surface area (Å²) in [4.78, 5) is 2.49. The first-order valence-electron chi connectivity index (χ1n) is 9.32. The van der Waals surface area contributed by atoms with Gasteiger partial charge in [0.2, 0.25) is 0 Å². The second-order valence-corrected chi connectivity index (χ2v) is 7.57. The smallest absolute Gasteiger partial charge is 0.118 e. The average Bonchev–Trinajstić information content (AvgIpc) is 2.99. The van der Waals surface area contributed by atoms with E-state index in [4.69, 9.17) is 13.9 Å². The number of furan rings is 1. The number of likely N-dealkylation sites (tertiary alicyclic amines) is 1. The quantitative estimate of drug-likeness (QED) is 0.803. The van der Waals surface area contributed by atoms with Crippen LogP contribution in [0.4, 0.5) is 0 Å². The highest BCUT2D eigenvalue weighted by molar-refractivity contribution is 5.17. The molecule has 2 saturated heterocycles. The molecule has 3 atom stereocenters. The lowest BCUT2D eigenvalue weighted by molar-refractivity contribution is -0.0431. The molecular formula is C19H29NO3. The van der Waals surface area contributed by atoms with E-state index in [0.29, 0.717) is 18.1 Å². The lowest BCUT2D eigenvalue weighted by Crippen LogP contribution is -2.37. The Balaban J connectivity index is 1.18. The molecule has 3 aliphatic rings. The number of hydrogen-bond acceptors (Lipinski definition) is 4. The minimum atomic E-state index is 0.347. The molecule has 4 heteroatoms. The van der Waals surface area contributed by atoms with Gasteiger partial charge in [-0.3, -0.25) is 4.90 Å². The molecule has 1 saturated carbocycles. The average molecular weight is 319 g/mol. The molecule has 0 amide bonds. The van der Waals surface area contributed by atoms with Crippen LogP contribution in [0.3, 0.4) is 0 Å². The van der Waals surface area contributed by atoms with Gasteiger partial charge in [0, 0.05) is 25.6 Å². The SMILES string of the molecule is CC1CC1c1ccc(CN2CCC(OCC3CCCO3)CC2)o1. The van der Waals surface area contributed by atoms with Crippen LogP contribution in [-0.4, -0.2) is 43.4 Å². The van der Waals surface area contributed by atoms with Gasteiger partial charge < -0.3 is 13.9 Å². The Morgan fingerprint density at radius 2 is 2.04 bits per heavy atom. The Labute approximate surface area is 139 Å². The first-order valence-corrected chi connectivity index (χ1v) is 9.32. The fraction of sp³-hybridized carbons (Fsp3) is 0.789. The van der Waals surface area contributed by atoms with E-state index in [1.165, 1.54) is 25.0 Å². The maximum Gasteiger partial charge on any atom is 0.118 e. The summed E-state index contributed by atoms with van der Waals surface area (Å²) in [5, 5.41) is 0. The van der Waals surface area contributed by atoms with Crippen molar-refractivity contribution in [2.45, 2.75) is 63.7 Å². The van der Waals surface area contributed by atoms with Crippen molar-refractivity contribution in [2.24, 2.45) is 5.92 Å². The van der Waals surface area contributed by atoms with Gasteiger partial charge in [-0.1, -0.05) is 6.92 Å². The van der Waals surface area contributed by atoms with Gasteiger partial charge in [0.05, 0.1) is 25.4 Å². The summed E-state index contributed by atoms with van der Waals surface area (Å²) < 4.78 is 17.7. The Hall–Kier alpha value is -0.840. The van der Waals surface area contributed by atoms with Crippen molar-refractivity contribution in [3.8, 4) is 0 Å². The summed E-state index contributed by atoms with van der Waals surface area (Å²) in [6.45, 7) is 7.15. The van der Waals surface area contributed by atoms with E-state index in [9.17, 15) is 0 Å². The normalized spacial score (nSPS) is 32.5. The molecule has 1 aromatic rings. The molecule has 0 spiro atoms. The van der Waals surface area contributed by atoms with Crippen LogP contribution in [0.1, 0.15) is 56.5 Å². The number of nitrogens with zero attached hydrogens (tertiary/aromatic N) is 1. The second-order valence-electron chi connectivity index (χ2n) is 7.57. The predicted molar refractivity (Wildman–Crippen MR) is 88.5 cm³/mol. The van der Waals surface area contributed by atoms with Crippen LogP contribution in [0.15, 0.2) is 16.5 Å². The van der Waals surface area contributed by atoms with Crippen LogP contribution in [-0.2, 0) is 16.0 Å². The molecule has 23 heavy (non-hydrogen) atoms. The van der Waals surface area contributed by atoms with Gasteiger partial charge in [0.15, 0.2) is 0 Å². The zero-order valence-electron chi connectivity index (χ0n) is 14.2. The molecular weight excluding hydrogens is 290 g/mol. The predicted octanol–water partition coefficient (Wildman–Crippen LogP) is 3.56. The van der Waals surface area contributed by atoms with Gasteiger partial charge in [-0.2, -0.15) is 0 Å². The van der Waals surface area contributed by atoms with Crippen molar-refractivity contribution in [2.75, 3.05) is 26.3 Å². The molecule has 3 heterocycles. The third kappa shape index (κ3) is 3.98. The summed E-state index contributed by atoms with van der Waals surface area (Å²) in [7, 11) is 0.